The van der Waals surface area contributed by atoms with Crippen molar-refractivity contribution in [2.24, 2.45) is 0 Å². The van der Waals surface area contributed by atoms with Gasteiger partial charge in [0.25, 0.3) is 0 Å². The van der Waals surface area contributed by atoms with E-state index in [1.165, 1.54) is 0 Å². The van der Waals surface area contributed by atoms with Crippen LogP contribution in [0.25, 0.3) is 0 Å². The van der Waals surface area contributed by atoms with Crippen LogP contribution in [-0.2, 0) is 18.9 Å². The van der Waals surface area contributed by atoms with E-state index in [4.69, 9.17) is 18.9 Å². The highest BCUT2D eigenvalue weighted by molar-refractivity contribution is 9.10. The van der Waals surface area contributed by atoms with Crippen LogP contribution in [0.2, 0.25) is 13.1 Å². The van der Waals surface area contributed by atoms with Crippen LogP contribution in [0.3, 0.4) is 0 Å². The van der Waals surface area contributed by atoms with E-state index in [9.17, 15) is 0 Å². The van der Waals surface area contributed by atoms with Crippen LogP contribution in [-0.4, -0.2) is 55.0 Å². The molecule has 0 rings (SSSR count). The summed E-state index contributed by atoms with van der Waals surface area (Å²) in [6.45, 7) is 15.2. The Kier molecular flexibility index (Phi) is 13.5. The molecule has 0 unspecified atom stereocenters. The summed E-state index contributed by atoms with van der Waals surface area (Å²) in [5, 5.41) is 0. The van der Waals surface area contributed by atoms with Crippen molar-refractivity contribution in [1.29, 1.82) is 0 Å². The summed E-state index contributed by atoms with van der Waals surface area (Å²) < 4.78 is 22.7. The molecule has 0 atom stereocenters. The summed E-state index contributed by atoms with van der Waals surface area (Å²) in [5.41, 5.74) is 0. The van der Waals surface area contributed by atoms with Gasteiger partial charge in [0.1, 0.15) is 19.0 Å². The standard InChI is InChI=1S/C12H30O4S3Si2/c1-7-13-11(20-5,14-8-2)17-19-18-12(21-6,15-9-3)16-10-4/h7-10,20-21H2,1-6H3. The average molecular weight is 391 g/mol. The molecule has 21 heavy (non-hydrogen) atoms. The van der Waals surface area contributed by atoms with Crippen LogP contribution in [0.1, 0.15) is 27.7 Å². The zero-order valence-corrected chi connectivity index (χ0v) is 19.4. The second-order valence-electron chi connectivity index (χ2n) is 4.04. The third-order valence-corrected chi connectivity index (χ3v) is 13.3. The lowest BCUT2D eigenvalue weighted by molar-refractivity contribution is -0.109. The highest BCUT2D eigenvalue weighted by atomic mass is 33.5. The molecule has 0 heterocycles. The van der Waals surface area contributed by atoms with Crippen molar-refractivity contribution in [3.8, 4) is 0 Å². The fourth-order valence-corrected chi connectivity index (χ4v) is 13.4. The molecule has 0 spiro atoms. The molecule has 128 valence electrons. The zero-order valence-electron chi connectivity index (χ0n) is 14.1. The summed E-state index contributed by atoms with van der Waals surface area (Å²) in [7, 11) is 4.06. The smallest absolute Gasteiger partial charge is 0.200 e. The molecule has 0 aromatic rings. The third kappa shape index (κ3) is 8.12. The Hall–Kier alpha value is 1.32. The van der Waals surface area contributed by atoms with E-state index < -0.39 is 28.5 Å². The van der Waals surface area contributed by atoms with Gasteiger partial charge < -0.3 is 18.9 Å². The van der Waals surface area contributed by atoms with Gasteiger partial charge in [0.15, 0.2) is 0 Å². The predicted octanol–water partition coefficient (Wildman–Crippen LogP) is 2.82. The second kappa shape index (κ2) is 12.7. The molecule has 0 amide bonds. The Labute approximate surface area is 146 Å². The molecule has 0 radical (unpaired) electrons. The Balaban J connectivity index is 4.62. The number of rotatable bonds is 14. The second-order valence-corrected chi connectivity index (χ2v) is 12.7. The van der Waals surface area contributed by atoms with Crippen LogP contribution in [0.4, 0.5) is 0 Å². The van der Waals surface area contributed by atoms with Gasteiger partial charge in [-0.3, -0.25) is 0 Å². The molecular formula is C12H30O4S3Si2. The van der Waals surface area contributed by atoms with Gasteiger partial charge in [-0.05, 0) is 59.1 Å². The highest BCUT2D eigenvalue weighted by Crippen LogP contribution is 2.50. The SMILES string of the molecule is CCOC(OCC)([SiH2]C)SSSC(OCC)(OCC)[SiH2]C. The number of hydrogen-bond donors (Lipinski definition) is 0. The van der Waals surface area contributed by atoms with E-state index in [0.29, 0.717) is 26.4 Å². The van der Waals surface area contributed by atoms with Crippen LogP contribution in [0.15, 0.2) is 0 Å². The maximum absolute atomic E-state index is 5.89. The average Bonchev–Trinajstić information content (AvgIpc) is 2.48. The molecule has 0 aliphatic rings. The number of ether oxygens (including phenoxy) is 4. The van der Waals surface area contributed by atoms with E-state index in [1.807, 2.05) is 27.7 Å². The summed E-state index contributed by atoms with van der Waals surface area (Å²) in [5.74, 6) is 0. The van der Waals surface area contributed by atoms with E-state index in [2.05, 4.69) is 13.1 Å². The maximum atomic E-state index is 5.89. The topological polar surface area (TPSA) is 36.9 Å². The van der Waals surface area contributed by atoms with Gasteiger partial charge in [0.2, 0.25) is 9.48 Å². The van der Waals surface area contributed by atoms with Crippen molar-refractivity contribution in [2.45, 2.75) is 50.3 Å². The van der Waals surface area contributed by atoms with Crippen molar-refractivity contribution >= 4 is 50.5 Å². The molecule has 0 bridgehead atoms. The van der Waals surface area contributed by atoms with Crippen LogP contribution in [0, 0.1) is 0 Å². The molecular weight excluding hydrogens is 361 g/mol. The summed E-state index contributed by atoms with van der Waals surface area (Å²) in [6, 6.07) is 0. The predicted molar refractivity (Wildman–Crippen MR) is 104 cm³/mol. The molecule has 0 aliphatic carbocycles. The lowest BCUT2D eigenvalue weighted by Crippen LogP contribution is -2.38. The number of hydrogen-bond acceptors (Lipinski definition) is 7. The summed E-state index contributed by atoms with van der Waals surface area (Å²) in [6.07, 6.45) is 0. The fourth-order valence-electron chi connectivity index (χ4n) is 1.71. The normalized spacial score (nSPS) is 14.0. The van der Waals surface area contributed by atoms with E-state index in [1.54, 1.807) is 31.4 Å². The molecule has 0 fully saturated rings. The molecule has 0 aliphatic heterocycles. The highest BCUT2D eigenvalue weighted by Gasteiger charge is 2.35. The molecule has 0 aromatic heterocycles. The Morgan fingerprint density at radius 1 is 0.667 bits per heavy atom. The fraction of sp³-hybridized carbons (Fsp3) is 1.00. The minimum Gasteiger partial charge on any atom is -0.345 e. The first kappa shape index (κ1) is 22.3. The largest absolute Gasteiger partial charge is 0.345 e. The molecule has 0 N–H and O–H groups in total. The zero-order chi connectivity index (χ0) is 16.2. The van der Waals surface area contributed by atoms with E-state index >= 15 is 0 Å². The van der Waals surface area contributed by atoms with Crippen molar-refractivity contribution in [2.75, 3.05) is 26.4 Å². The molecule has 0 saturated carbocycles. The van der Waals surface area contributed by atoms with E-state index in [-0.39, 0.29) is 0 Å². The van der Waals surface area contributed by atoms with Crippen molar-refractivity contribution in [3.63, 3.8) is 0 Å². The van der Waals surface area contributed by atoms with Crippen molar-refractivity contribution in [1.82, 2.24) is 0 Å². The lowest BCUT2D eigenvalue weighted by Gasteiger charge is -2.34. The molecule has 4 nitrogen and oxygen atoms in total. The van der Waals surface area contributed by atoms with Crippen molar-refractivity contribution < 1.29 is 18.9 Å². The summed E-state index contributed by atoms with van der Waals surface area (Å²) >= 11 is 0. The van der Waals surface area contributed by atoms with Crippen molar-refractivity contribution in [3.05, 3.63) is 0 Å². The van der Waals surface area contributed by atoms with Gasteiger partial charge >= 0.3 is 0 Å². The van der Waals surface area contributed by atoms with Gasteiger partial charge in [0, 0.05) is 26.4 Å². The van der Waals surface area contributed by atoms with Gasteiger partial charge in [-0.1, -0.05) is 13.1 Å². The molecule has 9 heteroatoms. The first-order valence-corrected chi connectivity index (χ1v) is 15.4. The van der Waals surface area contributed by atoms with Gasteiger partial charge in [-0.15, -0.1) is 0 Å². The van der Waals surface area contributed by atoms with Gasteiger partial charge in [-0.25, -0.2) is 0 Å². The van der Waals surface area contributed by atoms with Gasteiger partial charge in [0.05, 0.1) is 0 Å². The maximum Gasteiger partial charge on any atom is 0.200 e. The quantitative estimate of drug-likeness (QED) is 0.256. The molecule has 0 aromatic carbocycles. The monoisotopic (exact) mass is 390 g/mol. The first-order valence-electron chi connectivity index (χ1n) is 7.66. The minimum atomic E-state index is -0.480. The Morgan fingerprint density at radius 3 is 1.14 bits per heavy atom. The van der Waals surface area contributed by atoms with Crippen LogP contribution in [0.5, 0.6) is 0 Å². The summed E-state index contributed by atoms with van der Waals surface area (Å²) in [4.78, 5) is 0. The minimum absolute atomic E-state index is 0.444. The Bertz CT molecular complexity index is 227. The van der Waals surface area contributed by atoms with Crippen LogP contribution >= 0.6 is 31.4 Å². The van der Waals surface area contributed by atoms with Gasteiger partial charge in [-0.2, -0.15) is 0 Å². The lowest BCUT2D eigenvalue weighted by atomic mass is 10.8. The Morgan fingerprint density at radius 2 is 0.952 bits per heavy atom. The molecule has 0 saturated heterocycles. The first-order chi connectivity index (χ1) is 10.1. The van der Waals surface area contributed by atoms with Crippen LogP contribution < -0.4 is 0 Å². The third-order valence-electron chi connectivity index (χ3n) is 2.65. The van der Waals surface area contributed by atoms with E-state index in [0.717, 1.165) is 0 Å².